The minimum Gasteiger partial charge on any atom is -0.385 e. The number of anilines is 1. The standard InChI is InChI=1S/C19H20IN3O4S/c1-27-10-9-14(13-5-3-2-4-6-13)12-21-19(24)18-22-16-8-7-15(20)11-17(16)28(25,26)23-18/h2-8,11,14H,9-10,12H2,1H3,(H,21,24)(H,22,23). The van der Waals surface area contributed by atoms with Crippen LogP contribution in [0.1, 0.15) is 17.9 Å². The highest BCUT2D eigenvalue weighted by molar-refractivity contribution is 14.1. The number of fused-ring (bicyclic) bond motifs is 1. The Bertz CT molecular complexity index is 993. The number of amidine groups is 1. The number of benzene rings is 2. The predicted octanol–water partition coefficient (Wildman–Crippen LogP) is 2.74. The predicted molar refractivity (Wildman–Crippen MR) is 116 cm³/mol. The van der Waals surface area contributed by atoms with Gasteiger partial charge in [-0.25, -0.2) is 0 Å². The smallest absolute Gasteiger partial charge is 0.287 e. The van der Waals surface area contributed by atoms with E-state index >= 15 is 0 Å². The molecule has 0 saturated carbocycles. The highest BCUT2D eigenvalue weighted by Crippen LogP contribution is 2.28. The number of nitrogens with one attached hydrogen (secondary N) is 2. The molecule has 0 radical (unpaired) electrons. The summed E-state index contributed by atoms with van der Waals surface area (Å²) in [5.74, 6) is -0.752. The maximum Gasteiger partial charge on any atom is 0.287 e. The SMILES string of the molecule is COCCC(CNC(=O)C1=NS(=O)(=O)c2cc(I)ccc2N1)c1ccccc1. The number of hydrogen-bond acceptors (Lipinski definition) is 5. The van der Waals surface area contributed by atoms with Crippen molar-refractivity contribution in [1.82, 2.24) is 5.32 Å². The Morgan fingerprint density at radius 1 is 1.25 bits per heavy atom. The van der Waals surface area contributed by atoms with E-state index in [4.69, 9.17) is 4.74 Å². The van der Waals surface area contributed by atoms with E-state index in [0.29, 0.717) is 18.8 Å². The van der Waals surface area contributed by atoms with Crippen LogP contribution in [0.5, 0.6) is 0 Å². The molecule has 0 aliphatic carbocycles. The fourth-order valence-corrected chi connectivity index (χ4v) is 4.74. The van der Waals surface area contributed by atoms with Gasteiger partial charge in [0.15, 0.2) is 0 Å². The van der Waals surface area contributed by atoms with Gasteiger partial charge in [0.25, 0.3) is 15.9 Å². The molecule has 1 unspecified atom stereocenters. The number of amides is 1. The molecule has 28 heavy (non-hydrogen) atoms. The second-order valence-electron chi connectivity index (χ2n) is 6.28. The number of ether oxygens (including phenoxy) is 1. The number of nitrogens with zero attached hydrogens (tertiary/aromatic N) is 1. The Balaban J connectivity index is 1.74. The van der Waals surface area contributed by atoms with Crippen molar-refractivity contribution in [2.24, 2.45) is 4.40 Å². The summed E-state index contributed by atoms with van der Waals surface area (Å²) in [6.07, 6.45) is 0.722. The summed E-state index contributed by atoms with van der Waals surface area (Å²) in [5.41, 5.74) is 1.42. The molecule has 1 aliphatic rings. The van der Waals surface area contributed by atoms with Gasteiger partial charge in [-0.3, -0.25) is 4.79 Å². The number of methoxy groups -OCH3 is 1. The summed E-state index contributed by atoms with van der Waals surface area (Å²) in [6.45, 7) is 0.890. The quantitative estimate of drug-likeness (QED) is 0.556. The highest BCUT2D eigenvalue weighted by Gasteiger charge is 2.28. The first kappa shape index (κ1) is 20.7. The lowest BCUT2D eigenvalue weighted by Gasteiger charge is -2.20. The second kappa shape index (κ2) is 9.01. The van der Waals surface area contributed by atoms with Crippen LogP contribution in [0.2, 0.25) is 0 Å². The van der Waals surface area contributed by atoms with Crippen LogP contribution in [0, 0.1) is 3.57 Å². The highest BCUT2D eigenvalue weighted by atomic mass is 127. The molecule has 3 rings (SSSR count). The summed E-state index contributed by atoms with van der Waals surface area (Å²) in [4.78, 5) is 12.6. The summed E-state index contributed by atoms with van der Waals surface area (Å²) in [6, 6.07) is 14.7. The van der Waals surface area contributed by atoms with Crippen LogP contribution in [0.3, 0.4) is 0 Å². The molecule has 0 aromatic heterocycles. The monoisotopic (exact) mass is 513 g/mol. The van der Waals surface area contributed by atoms with Crippen molar-refractivity contribution in [2.75, 3.05) is 25.6 Å². The van der Waals surface area contributed by atoms with E-state index in [1.54, 1.807) is 19.2 Å². The molecule has 0 saturated heterocycles. The van der Waals surface area contributed by atoms with Gasteiger partial charge in [-0.1, -0.05) is 30.3 Å². The zero-order valence-corrected chi connectivity index (χ0v) is 18.2. The van der Waals surface area contributed by atoms with Gasteiger partial charge in [-0.15, -0.1) is 4.40 Å². The number of rotatable bonds is 7. The molecule has 2 aromatic rings. The van der Waals surface area contributed by atoms with Gasteiger partial charge >= 0.3 is 0 Å². The van der Waals surface area contributed by atoms with Gasteiger partial charge < -0.3 is 15.4 Å². The first-order valence-electron chi connectivity index (χ1n) is 8.64. The van der Waals surface area contributed by atoms with Crippen LogP contribution in [-0.2, 0) is 19.6 Å². The number of sulfonamides is 1. The molecule has 0 bridgehead atoms. The van der Waals surface area contributed by atoms with Crippen LogP contribution in [0.4, 0.5) is 5.69 Å². The zero-order chi connectivity index (χ0) is 20.1. The maximum absolute atomic E-state index is 12.6. The van der Waals surface area contributed by atoms with E-state index in [9.17, 15) is 13.2 Å². The van der Waals surface area contributed by atoms with Gasteiger partial charge in [0.05, 0.1) is 5.69 Å². The topological polar surface area (TPSA) is 96.9 Å². The Hall–Kier alpha value is -1.98. The third-order valence-electron chi connectivity index (χ3n) is 4.35. The lowest BCUT2D eigenvalue weighted by molar-refractivity contribution is -0.114. The molecular weight excluding hydrogens is 493 g/mol. The number of halogens is 1. The molecule has 0 spiro atoms. The van der Waals surface area contributed by atoms with Crippen LogP contribution in [0.15, 0.2) is 57.8 Å². The van der Waals surface area contributed by atoms with Crippen molar-refractivity contribution in [2.45, 2.75) is 17.2 Å². The minimum absolute atomic E-state index is 0.0414. The summed E-state index contributed by atoms with van der Waals surface area (Å²) < 4.78 is 34.4. The Kier molecular flexibility index (Phi) is 6.68. The fourth-order valence-electron chi connectivity index (χ4n) is 2.90. The largest absolute Gasteiger partial charge is 0.385 e. The average Bonchev–Trinajstić information content (AvgIpc) is 2.68. The number of hydrogen-bond donors (Lipinski definition) is 2. The Morgan fingerprint density at radius 3 is 2.71 bits per heavy atom. The van der Waals surface area contributed by atoms with E-state index in [2.05, 4.69) is 15.0 Å². The first-order valence-corrected chi connectivity index (χ1v) is 11.2. The maximum atomic E-state index is 12.6. The van der Waals surface area contributed by atoms with Gasteiger partial charge in [-0.05, 0) is 52.8 Å². The normalized spacial score (nSPS) is 15.7. The van der Waals surface area contributed by atoms with Gasteiger partial charge in [0, 0.05) is 29.7 Å². The van der Waals surface area contributed by atoms with Gasteiger partial charge in [0.1, 0.15) is 4.90 Å². The van der Waals surface area contributed by atoms with Gasteiger partial charge in [0.2, 0.25) is 5.84 Å². The van der Waals surface area contributed by atoms with Crippen molar-refractivity contribution in [3.05, 3.63) is 57.7 Å². The third-order valence-corrected chi connectivity index (χ3v) is 6.34. The van der Waals surface area contributed by atoms with Crippen molar-refractivity contribution < 1.29 is 17.9 Å². The Labute approximate surface area is 177 Å². The fraction of sp³-hybridized carbons (Fsp3) is 0.263. The molecule has 1 atom stereocenters. The van der Waals surface area contributed by atoms with Crippen molar-refractivity contribution in [3.8, 4) is 0 Å². The van der Waals surface area contributed by atoms with E-state index in [0.717, 1.165) is 15.6 Å². The van der Waals surface area contributed by atoms with Gasteiger partial charge in [-0.2, -0.15) is 8.42 Å². The molecule has 1 aliphatic heterocycles. The molecule has 7 nitrogen and oxygen atoms in total. The molecule has 9 heteroatoms. The van der Waals surface area contributed by atoms with Crippen LogP contribution in [-0.4, -0.2) is 40.4 Å². The van der Waals surface area contributed by atoms with Crippen LogP contribution >= 0.6 is 22.6 Å². The first-order chi connectivity index (χ1) is 13.4. The Morgan fingerprint density at radius 2 is 2.00 bits per heavy atom. The summed E-state index contributed by atoms with van der Waals surface area (Å²) in [5, 5.41) is 5.60. The molecule has 1 heterocycles. The number of carbonyl (C=O) groups excluding carboxylic acids is 1. The van der Waals surface area contributed by atoms with Crippen LogP contribution < -0.4 is 10.6 Å². The van der Waals surface area contributed by atoms with E-state index < -0.39 is 15.9 Å². The zero-order valence-electron chi connectivity index (χ0n) is 15.2. The number of carbonyl (C=O) groups is 1. The molecule has 2 N–H and O–H groups in total. The molecule has 0 fully saturated rings. The lowest BCUT2D eigenvalue weighted by Crippen LogP contribution is -2.40. The van der Waals surface area contributed by atoms with Crippen molar-refractivity contribution >= 4 is 50.0 Å². The van der Waals surface area contributed by atoms with E-state index in [-0.39, 0.29) is 16.6 Å². The third kappa shape index (κ3) is 4.89. The second-order valence-corrected chi connectivity index (χ2v) is 9.10. The van der Waals surface area contributed by atoms with E-state index in [1.807, 2.05) is 52.9 Å². The summed E-state index contributed by atoms with van der Waals surface area (Å²) >= 11 is 2.03. The summed E-state index contributed by atoms with van der Waals surface area (Å²) in [7, 11) is -2.29. The molecule has 148 valence electrons. The molecular formula is C19H20IN3O4S. The van der Waals surface area contributed by atoms with Crippen LogP contribution in [0.25, 0.3) is 0 Å². The minimum atomic E-state index is -3.92. The van der Waals surface area contributed by atoms with Crippen molar-refractivity contribution in [3.63, 3.8) is 0 Å². The average molecular weight is 513 g/mol. The van der Waals surface area contributed by atoms with E-state index in [1.165, 1.54) is 6.07 Å². The molecule has 2 aromatic carbocycles. The van der Waals surface area contributed by atoms with Crippen molar-refractivity contribution in [1.29, 1.82) is 0 Å². The molecule has 1 amide bonds. The lowest BCUT2D eigenvalue weighted by atomic mass is 9.96.